The smallest absolute Gasteiger partial charge is 0.254 e. The van der Waals surface area contributed by atoms with E-state index in [1.54, 1.807) is 0 Å². The van der Waals surface area contributed by atoms with Crippen LogP contribution in [-0.4, -0.2) is 46.7 Å². The average molecular weight is 386 g/mol. The monoisotopic (exact) mass is 386 g/mol. The molecular formula is C24H26N4O. The Kier molecular flexibility index (Phi) is 4.58. The van der Waals surface area contributed by atoms with Crippen molar-refractivity contribution in [2.24, 2.45) is 5.92 Å². The second kappa shape index (κ2) is 7.39. The number of nitrogens with one attached hydrogen (secondary N) is 1. The van der Waals surface area contributed by atoms with Crippen LogP contribution in [0.2, 0.25) is 0 Å². The number of anilines is 1. The Balaban J connectivity index is 1.27. The fourth-order valence-corrected chi connectivity index (χ4v) is 4.86. The molecule has 1 amide bonds. The second-order valence-electron chi connectivity index (χ2n) is 8.30. The molecule has 2 aliphatic rings. The summed E-state index contributed by atoms with van der Waals surface area (Å²) in [6.07, 6.45) is 5.95. The lowest BCUT2D eigenvalue weighted by Crippen LogP contribution is -2.35. The minimum atomic E-state index is 0.159. The highest BCUT2D eigenvalue weighted by atomic mass is 16.2. The van der Waals surface area contributed by atoms with Crippen LogP contribution in [-0.2, 0) is 6.42 Å². The van der Waals surface area contributed by atoms with Crippen molar-refractivity contribution in [3.8, 4) is 11.1 Å². The van der Waals surface area contributed by atoms with Gasteiger partial charge in [0.25, 0.3) is 5.91 Å². The maximum Gasteiger partial charge on any atom is 0.254 e. The Morgan fingerprint density at radius 2 is 2.03 bits per heavy atom. The lowest BCUT2D eigenvalue weighted by atomic mass is 10.0. The third-order valence-electron chi connectivity index (χ3n) is 6.32. The van der Waals surface area contributed by atoms with Gasteiger partial charge in [0, 0.05) is 48.7 Å². The molecule has 2 atom stereocenters. The van der Waals surface area contributed by atoms with Crippen LogP contribution in [0, 0.1) is 5.92 Å². The van der Waals surface area contributed by atoms with Gasteiger partial charge in [-0.1, -0.05) is 24.3 Å². The third-order valence-corrected chi connectivity index (χ3v) is 6.32. The van der Waals surface area contributed by atoms with Gasteiger partial charge in [-0.25, -0.2) is 0 Å². The first-order valence-electron chi connectivity index (χ1n) is 10.4. The van der Waals surface area contributed by atoms with Crippen LogP contribution in [0.4, 0.5) is 5.69 Å². The molecule has 0 saturated carbocycles. The highest BCUT2D eigenvalue weighted by Gasteiger charge is 2.34. The molecule has 3 heterocycles. The van der Waals surface area contributed by atoms with Crippen molar-refractivity contribution in [3.05, 3.63) is 72.1 Å². The van der Waals surface area contributed by atoms with Gasteiger partial charge in [0.1, 0.15) is 0 Å². The van der Waals surface area contributed by atoms with Crippen LogP contribution < -0.4 is 4.90 Å². The van der Waals surface area contributed by atoms with Crippen molar-refractivity contribution in [3.63, 3.8) is 0 Å². The summed E-state index contributed by atoms with van der Waals surface area (Å²) in [5.41, 5.74) is 5.89. The van der Waals surface area contributed by atoms with Gasteiger partial charge in [-0.3, -0.25) is 9.89 Å². The molecule has 1 aromatic heterocycles. The van der Waals surface area contributed by atoms with Crippen molar-refractivity contribution < 1.29 is 4.79 Å². The molecule has 5 heteroatoms. The van der Waals surface area contributed by atoms with E-state index in [1.807, 2.05) is 42.7 Å². The number of nitrogens with zero attached hydrogens (tertiary/aromatic N) is 3. The van der Waals surface area contributed by atoms with E-state index in [-0.39, 0.29) is 5.91 Å². The van der Waals surface area contributed by atoms with E-state index >= 15 is 0 Å². The number of hydrogen-bond acceptors (Lipinski definition) is 3. The molecule has 2 aromatic carbocycles. The zero-order chi connectivity index (χ0) is 19.8. The molecule has 1 saturated heterocycles. The van der Waals surface area contributed by atoms with Crippen molar-refractivity contribution in [2.75, 3.05) is 24.5 Å². The Morgan fingerprint density at radius 1 is 1.17 bits per heavy atom. The van der Waals surface area contributed by atoms with E-state index in [2.05, 4.69) is 45.1 Å². The zero-order valence-electron chi connectivity index (χ0n) is 16.7. The zero-order valence-corrected chi connectivity index (χ0v) is 16.7. The topological polar surface area (TPSA) is 52.2 Å². The predicted octanol–water partition coefficient (Wildman–Crippen LogP) is 3.99. The van der Waals surface area contributed by atoms with Crippen molar-refractivity contribution >= 4 is 11.6 Å². The minimum absolute atomic E-state index is 0.159. The molecule has 0 spiro atoms. The second-order valence-corrected chi connectivity index (χ2v) is 8.30. The van der Waals surface area contributed by atoms with Crippen LogP contribution in [0.1, 0.15) is 29.3 Å². The number of carbonyl (C=O) groups excluding carboxylic acids is 1. The molecular weight excluding hydrogens is 360 g/mol. The molecule has 5 nitrogen and oxygen atoms in total. The molecule has 29 heavy (non-hydrogen) atoms. The van der Waals surface area contributed by atoms with Crippen LogP contribution in [0.15, 0.2) is 60.9 Å². The normalized spacial score (nSPS) is 20.9. The van der Waals surface area contributed by atoms with E-state index < -0.39 is 0 Å². The lowest BCUT2D eigenvalue weighted by molar-refractivity contribution is 0.0743. The molecule has 3 aromatic rings. The Morgan fingerprint density at radius 3 is 2.83 bits per heavy atom. The first-order chi connectivity index (χ1) is 14.2. The third kappa shape index (κ3) is 3.41. The number of H-pyrrole nitrogens is 1. The number of amides is 1. The molecule has 0 radical (unpaired) electrons. The number of fused-ring (bicyclic) bond motifs is 1. The Labute approximate surface area is 171 Å². The lowest BCUT2D eigenvalue weighted by Gasteiger charge is -2.24. The number of carbonyl (C=O) groups is 1. The highest BCUT2D eigenvalue weighted by molar-refractivity contribution is 5.94. The van der Waals surface area contributed by atoms with Gasteiger partial charge in [-0.2, -0.15) is 5.10 Å². The maximum atomic E-state index is 12.9. The molecule has 2 aliphatic heterocycles. The van der Waals surface area contributed by atoms with Gasteiger partial charge in [-0.15, -0.1) is 0 Å². The summed E-state index contributed by atoms with van der Waals surface area (Å²) >= 11 is 0. The molecule has 1 fully saturated rings. The minimum Gasteiger partial charge on any atom is -0.371 e. The Bertz CT molecular complexity index is 999. The summed E-state index contributed by atoms with van der Waals surface area (Å²) < 4.78 is 0. The van der Waals surface area contributed by atoms with Crippen molar-refractivity contribution in [2.45, 2.75) is 25.8 Å². The van der Waals surface area contributed by atoms with E-state index in [0.717, 1.165) is 43.6 Å². The fraction of sp³-hybridized carbons (Fsp3) is 0.333. The first kappa shape index (κ1) is 18.0. The van der Waals surface area contributed by atoms with Gasteiger partial charge in [0.2, 0.25) is 0 Å². The van der Waals surface area contributed by atoms with Crippen LogP contribution >= 0.6 is 0 Å². The number of benzene rings is 2. The van der Waals surface area contributed by atoms with Crippen LogP contribution in [0.5, 0.6) is 0 Å². The summed E-state index contributed by atoms with van der Waals surface area (Å²) in [7, 11) is 0. The standard InChI is InChI=1S/C24H26N4O/c1-17-11-18(16-28(17)24(29)19-5-3-2-4-6-19)15-27-10-9-21-12-20(7-8-23(21)27)22-13-25-26-14-22/h2-8,12-14,17-18H,9-11,15-16H2,1H3,(H,25,26). The van der Waals surface area contributed by atoms with Crippen molar-refractivity contribution in [1.29, 1.82) is 0 Å². The summed E-state index contributed by atoms with van der Waals surface area (Å²) in [5, 5.41) is 6.95. The van der Waals surface area contributed by atoms with Gasteiger partial charge in [-0.05, 0) is 61.1 Å². The summed E-state index contributed by atoms with van der Waals surface area (Å²) in [6, 6.07) is 16.7. The number of aromatic nitrogens is 2. The Hall–Kier alpha value is -3.08. The van der Waals surface area contributed by atoms with Gasteiger partial charge in [0.15, 0.2) is 0 Å². The summed E-state index contributed by atoms with van der Waals surface area (Å²) in [5.74, 6) is 0.671. The first-order valence-corrected chi connectivity index (χ1v) is 10.4. The van der Waals surface area contributed by atoms with Gasteiger partial charge >= 0.3 is 0 Å². The van der Waals surface area contributed by atoms with Gasteiger partial charge in [0.05, 0.1) is 6.20 Å². The number of hydrogen-bond donors (Lipinski definition) is 1. The number of likely N-dealkylation sites (tertiary alicyclic amines) is 1. The summed E-state index contributed by atoms with van der Waals surface area (Å²) in [4.78, 5) is 17.5. The molecule has 1 N–H and O–H groups in total. The summed E-state index contributed by atoms with van der Waals surface area (Å²) in [6.45, 7) is 5.09. The van der Waals surface area contributed by atoms with Crippen LogP contribution in [0.25, 0.3) is 11.1 Å². The van der Waals surface area contributed by atoms with E-state index in [9.17, 15) is 4.79 Å². The number of rotatable bonds is 4. The van der Waals surface area contributed by atoms with Crippen molar-refractivity contribution in [1.82, 2.24) is 15.1 Å². The SMILES string of the molecule is CC1CC(CN2CCc3cc(-c4cn[nH]c4)ccc32)CN1C(=O)c1ccccc1. The quantitative estimate of drug-likeness (QED) is 0.738. The molecule has 5 rings (SSSR count). The number of aromatic amines is 1. The van der Waals surface area contributed by atoms with Crippen LogP contribution in [0.3, 0.4) is 0 Å². The predicted molar refractivity (Wildman–Crippen MR) is 115 cm³/mol. The molecule has 0 bridgehead atoms. The van der Waals surface area contributed by atoms with Gasteiger partial charge < -0.3 is 9.80 Å². The maximum absolute atomic E-state index is 12.9. The fourth-order valence-electron chi connectivity index (χ4n) is 4.86. The largest absolute Gasteiger partial charge is 0.371 e. The molecule has 0 aliphatic carbocycles. The molecule has 148 valence electrons. The highest BCUT2D eigenvalue weighted by Crippen LogP contribution is 2.34. The van der Waals surface area contributed by atoms with E-state index in [4.69, 9.17) is 0 Å². The van der Waals surface area contributed by atoms with E-state index in [0.29, 0.717) is 12.0 Å². The average Bonchev–Trinajstić information content (AvgIpc) is 3.49. The van der Waals surface area contributed by atoms with E-state index in [1.165, 1.54) is 16.8 Å². The molecule has 2 unspecified atom stereocenters.